The first-order valence-corrected chi connectivity index (χ1v) is 6.60. The van der Waals surface area contributed by atoms with Gasteiger partial charge >= 0.3 is 0 Å². The number of fused-ring (bicyclic) bond motifs is 1. The third kappa shape index (κ3) is 3.14. The summed E-state index contributed by atoms with van der Waals surface area (Å²) in [6, 6.07) is 12.9. The number of benzene rings is 2. The summed E-state index contributed by atoms with van der Waals surface area (Å²) in [4.78, 5) is 17.2. The van der Waals surface area contributed by atoms with Crippen LogP contribution in [0.5, 0.6) is 11.5 Å². The third-order valence-electron chi connectivity index (χ3n) is 3.16. The van der Waals surface area contributed by atoms with Crippen LogP contribution in [0.15, 0.2) is 42.5 Å². The third-order valence-corrected chi connectivity index (χ3v) is 3.16. The molecule has 1 aliphatic rings. The highest BCUT2D eigenvalue weighted by atomic mass is 16.7. The fraction of sp³-hybridized carbons (Fsp3) is 0.188. The highest BCUT2D eigenvalue weighted by molar-refractivity contribution is 5.94. The quantitative estimate of drug-likeness (QED) is 0.877. The van der Waals surface area contributed by atoms with Crippen molar-refractivity contribution in [2.45, 2.75) is 13.5 Å². The Hall–Kier alpha value is -2.53. The first-order chi connectivity index (χ1) is 10.2. The van der Waals surface area contributed by atoms with Crippen molar-refractivity contribution < 1.29 is 19.1 Å². The molecule has 0 atom stereocenters. The Morgan fingerprint density at radius 2 is 1.90 bits per heavy atom. The molecule has 0 saturated carbocycles. The average Bonchev–Trinajstić information content (AvgIpc) is 2.96. The van der Waals surface area contributed by atoms with Gasteiger partial charge in [0, 0.05) is 5.56 Å². The van der Waals surface area contributed by atoms with Crippen LogP contribution in [0.25, 0.3) is 0 Å². The van der Waals surface area contributed by atoms with Crippen LogP contribution in [0.1, 0.15) is 21.5 Å². The lowest BCUT2D eigenvalue weighted by Crippen LogP contribution is -2.23. The lowest BCUT2D eigenvalue weighted by molar-refractivity contribution is 0.0233. The monoisotopic (exact) mass is 285 g/mol. The largest absolute Gasteiger partial charge is 0.454 e. The van der Waals surface area contributed by atoms with Crippen LogP contribution in [0.3, 0.4) is 0 Å². The van der Waals surface area contributed by atoms with Gasteiger partial charge in [0.05, 0.1) is 6.61 Å². The van der Waals surface area contributed by atoms with Crippen molar-refractivity contribution in [1.29, 1.82) is 0 Å². The normalized spacial score (nSPS) is 12.2. The van der Waals surface area contributed by atoms with E-state index >= 15 is 0 Å². The van der Waals surface area contributed by atoms with E-state index in [0.29, 0.717) is 23.7 Å². The molecule has 21 heavy (non-hydrogen) atoms. The molecule has 2 aromatic carbocycles. The van der Waals surface area contributed by atoms with E-state index in [1.54, 1.807) is 18.2 Å². The number of rotatable bonds is 4. The van der Waals surface area contributed by atoms with Gasteiger partial charge in [-0.15, -0.1) is 0 Å². The van der Waals surface area contributed by atoms with Crippen molar-refractivity contribution in [2.24, 2.45) is 0 Å². The van der Waals surface area contributed by atoms with Crippen LogP contribution in [0.2, 0.25) is 0 Å². The van der Waals surface area contributed by atoms with E-state index in [4.69, 9.17) is 14.3 Å². The maximum absolute atomic E-state index is 12.0. The van der Waals surface area contributed by atoms with Crippen molar-refractivity contribution in [3.63, 3.8) is 0 Å². The summed E-state index contributed by atoms with van der Waals surface area (Å²) < 4.78 is 10.4. The van der Waals surface area contributed by atoms with Crippen molar-refractivity contribution in [1.82, 2.24) is 5.48 Å². The first-order valence-electron chi connectivity index (χ1n) is 6.60. The van der Waals surface area contributed by atoms with Gasteiger partial charge in [0.25, 0.3) is 5.91 Å². The van der Waals surface area contributed by atoms with Gasteiger partial charge in [0.2, 0.25) is 6.79 Å². The van der Waals surface area contributed by atoms with Crippen LogP contribution in [0.4, 0.5) is 0 Å². The van der Waals surface area contributed by atoms with Gasteiger partial charge in [-0.3, -0.25) is 9.63 Å². The molecule has 0 saturated heterocycles. The van der Waals surface area contributed by atoms with E-state index in [9.17, 15) is 4.79 Å². The number of aryl methyl sites for hydroxylation is 1. The molecule has 0 aliphatic carbocycles. The van der Waals surface area contributed by atoms with Crippen LogP contribution >= 0.6 is 0 Å². The lowest BCUT2D eigenvalue weighted by atomic mass is 10.2. The van der Waals surface area contributed by atoms with Gasteiger partial charge in [-0.2, -0.15) is 0 Å². The van der Waals surface area contributed by atoms with Gasteiger partial charge in [-0.05, 0) is 30.7 Å². The Morgan fingerprint density at radius 3 is 2.71 bits per heavy atom. The number of carbonyl (C=O) groups is 1. The molecule has 1 amide bonds. The Morgan fingerprint density at radius 1 is 1.14 bits per heavy atom. The summed E-state index contributed by atoms with van der Waals surface area (Å²) in [6.07, 6.45) is 0. The molecule has 0 unspecified atom stereocenters. The Balaban J connectivity index is 1.55. The van der Waals surface area contributed by atoms with E-state index in [0.717, 1.165) is 5.56 Å². The zero-order valence-electron chi connectivity index (χ0n) is 11.6. The van der Waals surface area contributed by atoms with Crippen LogP contribution < -0.4 is 15.0 Å². The number of nitrogens with one attached hydrogen (secondary N) is 1. The van der Waals surface area contributed by atoms with E-state index in [1.807, 2.05) is 31.2 Å². The molecule has 2 aromatic rings. The highest BCUT2D eigenvalue weighted by Crippen LogP contribution is 2.32. The molecule has 0 bridgehead atoms. The first kappa shape index (κ1) is 13.5. The second kappa shape index (κ2) is 5.85. The fourth-order valence-corrected chi connectivity index (χ4v) is 1.97. The predicted octanol–water partition coefficient (Wildman–Crippen LogP) is 2.59. The smallest absolute Gasteiger partial charge is 0.274 e. The number of carbonyl (C=O) groups excluding carboxylic acids is 1. The molecular formula is C16H15NO4. The highest BCUT2D eigenvalue weighted by Gasteiger charge is 2.16. The van der Waals surface area contributed by atoms with Crippen molar-refractivity contribution >= 4 is 5.91 Å². The van der Waals surface area contributed by atoms with Gasteiger partial charge < -0.3 is 9.47 Å². The number of hydrogen-bond acceptors (Lipinski definition) is 4. The molecule has 0 radical (unpaired) electrons. The van der Waals surface area contributed by atoms with Crippen LogP contribution in [-0.2, 0) is 11.4 Å². The predicted molar refractivity (Wildman–Crippen MR) is 76.0 cm³/mol. The van der Waals surface area contributed by atoms with E-state index in [-0.39, 0.29) is 12.7 Å². The minimum atomic E-state index is -0.319. The van der Waals surface area contributed by atoms with Crippen molar-refractivity contribution in [3.8, 4) is 11.5 Å². The Bertz CT molecular complexity index is 652. The maximum atomic E-state index is 12.0. The Kier molecular flexibility index (Phi) is 3.75. The van der Waals surface area contributed by atoms with Gasteiger partial charge in [-0.25, -0.2) is 5.48 Å². The van der Waals surface area contributed by atoms with E-state index in [2.05, 4.69) is 5.48 Å². The number of hydroxylamine groups is 1. The summed E-state index contributed by atoms with van der Waals surface area (Å²) in [5.74, 6) is 0.897. The lowest BCUT2D eigenvalue weighted by Gasteiger charge is -2.07. The summed E-state index contributed by atoms with van der Waals surface area (Å²) in [5.41, 5.74) is 5.05. The fourth-order valence-electron chi connectivity index (χ4n) is 1.97. The summed E-state index contributed by atoms with van der Waals surface area (Å²) in [5, 5.41) is 0. The zero-order valence-corrected chi connectivity index (χ0v) is 11.6. The summed E-state index contributed by atoms with van der Waals surface area (Å²) in [6.45, 7) is 2.52. The molecule has 0 spiro atoms. The molecule has 0 aromatic heterocycles. The minimum Gasteiger partial charge on any atom is -0.454 e. The van der Waals surface area contributed by atoms with Crippen LogP contribution in [-0.4, -0.2) is 12.7 Å². The number of hydrogen-bond donors (Lipinski definition) is 1. The molecule has 5 nitrogen and oxygen atoms in total. The Labute approximate surface area is 122 Å². The van der Waals surface area contributed by atoms with E-state index in [1.165, 1.54) is 5.56 Å². The molecular weight excluding hydrogens is 270 g/mol. The zero-order chi connectivity index (χ0) is 14.7. The molecule has 1 aliphatic heterocycles. The maximum Gasteiger partial charge on any atom is 0.274 e. The van der Waals surface area contributed by atoms with Gasteiger partial charge in [-0.1, -0.05) is 29.8 Å². The average molecular weight is 285 g/mol. The minimum absolute atomic E-state index is 0.185. The molecule has 5 heteroatoms. The molecule has 0 fully saturated rings. The molecule has 108 valence electrons. The van der Waals surface area contributed by atoms with E-state index < -0.39 is 0 Å². The second-order valence-electron chi connectivity index (χ2n) is 4.77. The SMILES string of the molecule is Cc1ccc(CONC(=O)c2ccc3c(c2)OCO3)cc1. The summed E-state index contributed by atoms with van der Waals surface area (Å²) >= 11 is 0. The van der Waals surface area contributed by atoms with Crippen LogP contribution in [0, 0.1) is 6.92 Å². The van der Waals surface area contributed by atoms with Gasteiger partial charge in [0.1, 0.15) is 0 Å². The van der Waals surface area contributed by atoms with Gasteiger partial charge in [0.15, 0.2) is 11.5 Å². The molecule has 1 heterocycles. The standard InChI is InChI=1S/C16H15NO4/c1-11-2-4-12(5-3-11)9-21-17-16(18)13-6-7-14-15(8-13)20-10-19-14/h2-8H,9-10H2,1H3,(H,17,18). The van der Waals surface area contributed by atoms with Crippen molar-refractivity contribution in [2.75, 3.05) is 6.79 Å². The number of ether oxygens (including phenoxy) is 2. The number of amides is 1. The van der Waals surface area contributed by atoms with Crippen molar-refractivity contribution in [3.05, 3.63) is 59.2 Å². The molecule has 1 N–H and O–H groups in total. The summed E-state index contributed by atoms with van der Waals surface area (Å²) in [7, 11) is 0. The topological polar surface area (TPSA) is 56.8 Å². The second-order valence-corrected chi connectivity index (χ2v) is 4.77. The molecule has 3 rings (SSSR count).